The largest absolute Gasteiger partial charge is 0.396 e. The number of benzene rings is 2. The number of amides is 1. The number of halogens is 2. The van der Waals surface area contributed by atoms with E-state index in [1.165, 1.54) is 11.1 Å². The van der Waals surface area contributed by atoms with E-state index in [4.69, 9.17) is 28.9 Å². The average molecular weight is 307 g/mol. The van der Waals surface area contributed by atoms with Crippen molar-refractivity contribution in [2.45, 2.75) is 13.1 Å². The number of hydrogen-bond acceptors (Lipinski definition) is 2. The standard InChI is InChI=1S/C15H12Cl2N2O/c16-12-5-11(6-13(17)14(12)18)15(20)19-7-9-3-1-2-4-10(9)8-19/h1-6H,7-8,18H2. The molecule has 1 aliphatic rings. The second kappa shape index (κ2) is 5.00. The quantitative estimate of drug-likeness (QED) is 0.816. The molecule has 20 heavy (non-hydrogen) atoms. The molecule has 102 valence electrons. The first-order valence-corrected chi connectivity index (χ1v) is 6.92. The molecule has 0 aromatic heterocycles. The van der Waals surface area contributed by atoms with Crippen molar-refractivity contribution in [3.8, 4) is 0 Å². The molecule has 1 amide bonds. The minimum atomic E-state index is -0.0926. The molecule has 2 aromatic carbocycles. The number of nitrogen functional groups attached to an aromatic ring is 1. The van der Waals surface area contributed by atoms with Crippen molar-refractivity contribution in [1.82, 2.24) is 4.90 Å². The molecule has 0 radical (unpaired) electrons. The zero-order valence-corrected chi connectivity index (χ0v) is 12.1. The molecule has 0 saturated carbocycles. The summed E-state index contributed by atoms with van der Waals surface area (Å²) in [7, 11) is 0. The number of hydrogen-bond donors (Lipinski definition) is 1. The van der Waals surface area contributed by atoms with E-state index in [0.29, 0.717) is 34.4 Å². The van der Waals surface area contributed by atoms with Gasteiger partial charge in [0.2, 0.25) is 0 Å². The number of fused-ring (bicyclic) bond motifs is 1. The van der Waals surface area contributed by atoms with Crippen LogP contribution < -0.4 is 5.73 Å². The number of nitrogens with two attached hydrogens (primary N) is 1. The van der Waals surface area contributed by atoms with Crippen LogP contribution in [-0.4, -0.2) is 10.8 Å². The molecule has 2 N–H and O–H groups in total. The fourth-order valence-electron chi connectivity index (χ4n) is 2.37. The van der Waals surface area contributed by atoms with Crippen LogP contribution in [0.25, 0.3) is 0 Å². The zero-order valence-electron chi connectivity index (χ0n) is 10.6. The average Bonchev–Trinajstić information content (AvgIpc) is 2.87. The first-order chi connectivity index (χ1) is 9.56. The molecular weight excluding hydrogens is 295 g/mol. The highest BCUT2D eigenvalue weighted by atomic mass is 35.5. The highest BCUT2D eigenvalue weighted by Gasteiger charge is 2.24. The molecule has 1 aliphatic heterocycles. The summed E-state index contributed by atoms with van der Waals surface area (Å²) in [6, 6.07) is 11.1. The van der Waals surface area contributed by atoms with Gasteiger partial charge in [-0.3, -0.25) is 4.79 Å². The Morgan fingerprint density at radius 2 is 1.55 bits per heavy atom. The number of rotatable bonds is 1. The Hall–Kier alpha value is -1.71. The topological polar surface area (TPSA) is 46.3 Å². The van der Waals surface area contributed by atoms with E-state index in [1.807, 2.05) is 24.3 Å². The summed E-state index contributed by atoms with van der Waals surface area (Å²) in [4.78, 5) is 14.3. The Bertz CT molecular complexity index is 652. The minimum absolute atomic E-state index is 0.0926. The van der Waals surface area contributed by atoms with Gasteiger partial charge in [0.15, 0.2) is 0 Å². The molecule has 0 unspecified atom stereocenters. The van der Waals surface area contributed by atoms with Crippen LogP contribution in [-0.2, 0) is 13.1 Å². The summed E-state index contributed by atoms with van der Waals surface area (Å²) < 4.78 is 0. The molecule has 5 heteroatoms. The van der Waals surface area contributed by atoms with E-state index in [0.717, 1.165) is 0 Å². The van der Waals surface area contributed by atoms with Crippen LogP contribution >= 0.6 is 23.2 Å². The van der Waals surface area contributed by atoms with Crippen molar-refractivity contribution in [3.05, 3.63) is 63.1 Å². The van der Waals surface area contributed by atoms with E-state index >= 15 is 0 Å². The lowest BCUT2D eigenvalue weighted by Crippen LogP contribution is -2.25. The maximum atomic E-state index is 12.5. The third-order valence-electron chi connectivity index (χ3n) is 3.45. The Morgan fingerprint density at radius 1 is 1.05 bits per heavy atom. The van der Waals surface area contributed by atoms with Crippen LogP contribution in [0.1, 0.15) is 21.5 Å². The fraction of sp³-hybridized carbons (Fsp3) is 0.133. The summed E-state index contributed by atoms with van der Waals surface area (Å²) in [6.07, 6.45) is 0. The van der Waals surface area contributed by atoms with Crippen molar-refractivity contribution in [2.24, 2.45) is 0 Å². The predicted molar refractivity (Wildman–Crippen MR) is 80.9 cm³/mol. The number of carbonyl (C=O) groups excluding carboxylic acids is 1. The molecule has 0 saturated heterocycles. The maximum absolute atomic E-state index is 12.5. The van der Waals surface area contributed by atoms with Crippen molar-refractivity contribution in [1.29, 1.82) is 0 Å². The Labute approximate surface area is 126 Å². The molecule has 3 rings (SSSR count). The first-order valence-electron chi connectivity index (χ1n) is 6.17. The van der Waals surface area contributed by atoms with E-state index in [9.17, 15) is 4.79 Å². The fourth-order valence-corrected chi connectivity index (χ4v) is 2.85. The van der Waals surface area contributed by atoms with Gasteiger partial charge in [-0.15, -0.1) is 0 Å². The summed E-state index contributed by atoms with van der Waals surface area (Å²) in [5.41, 5.74) is 8.79. The third-order valence-corrected chi connectivity index (χ3v) is 4.08. The molecule has 0 atom stereocenters. The van der Waals surface area contributed by atoms with E-state index in [-0.39, 0.29) is 5.91 Å². The molecule has 0 aliphatic carbocycles. The van der Waals surface area contributed by atoms with Gasteiger partial charge in [0, 0.05) is 18.7 Å². The molecule has 1 heterocycles. The molecule has 0 fully saturated rings. The molecule has 0 bridgehead atoms. The number of carbonyl (C=O) groups is 1. The van der Waals surface area contributed by atoms with Gasteiger partial charge in [0.1, 0.15) is 0 Å². The number of nitrogens with zero attached hydrogens (tertiary/aromatic N) is 1. The predicted octanol–water partition coefficient (Wildman–Crippen LogP) is 3.73. The second-order valence-electron chi connectivity index (χ2n) is 4.78. The van der Waals surface area contributed by atoms with Crippen LogP contribution in [0.5, 0.6) is 0 Å². The van der Waals surface area contributed by atoms with Gasteiger partial charge in [-0.25, -0.2) is 0 Å². The summed E-state index contributed by atoms with van der Waals surface area (Å²) in [6.45, 7) is 1.21. The van der Waals surface area contributed by atoms with Crippen molar-refractivity contribution in [3.63, 3.8) is 0 Å². The molecular formula is C15H12Cl2N2O. The lowest BCUT2D eigenvalue weighted by atomic mass is 10.1. The summed E-state index contributed by atoms with van der Waals surface area (Å²) in [5.74, 6) is -0.0926. The van der Waals surface area contributed by atoms with Gasteiger partial charge < -0.3 is 10.6 Å². The lowest BCUT2D eigenvalue weighted by molar-refractivity contribution is 0.0751. The van der Waals surface area contributed by atoms with Crippen molar-refractivity contribution >= 4 is 34.8 Å². The van der Waals surface area contributed by atoms with Crippen LogP contribution in [0.2, 0.25) is 10.0 Å². The van der Waals surface area contributed by atoms with Gasteiger partial charge >= 0.3 is 0 Å². The summed E-state index contributed by atoms with van der Waals surface area (Å²) >= 11 is 12.0. The van der Waals surface area contributed by atoms with Crippen molar-refractivity contribution < 1.29 is 4.79 Å². The van der Waals surface area contributed by atoms with E-state index < -0.39 is 0 Å². The molecule has 2 aromatic rings. The minimum Gasteiger partial charge on any atom is -0.396 e. The first kappa shape index (κ1) is 13.3. The summed E-state index contributed by atoms with van der Waals surface area (Å²) in [5, 5.41) is 0.607. The van der Waals surface area contributed by atoms with E-state index in [1.54, 1.807) is 17.0 Å². The van der Waals surface area contributed by atoms with Crippen LogP contribution in [0.15, 0.2) is 36.4 Å². The highest BCUT2D eigenvalue weighted by molar-refractivity contribution is 6.39. The monoisotopic (exact) mass is 306 g/mol. The lowest BCUT2D eigenvalue weighted by Gasteiger charge is -2.16. The van der Waals surface area contributed by atoms with Crippen molar-refractivity contribution in [2.75, 3.05) is 5.73 Å². The molecule has 3 nitrogen and oxygen atoms in total. The SMILES string of the molecule is Nc1c(Cl)cc(C(=O)N2Cc3ccccc3C2)cc1Cl. The van der Waals surface area contributed by atoms with Gasteiger partial charge in [-0.1, -0.05) is 47.5 Å². The highest BCUT2D eigenvalue weighted by Crippen LogP contribution is 2.31. The maximum Gasteiger partial charge on any atom is 0.254 e. The van der Waals surface area contributed by atoms with Gasteiger partial charge in [0.25, 0.3) is 5.91 Å². The Kier molecular flexibility index (Phi) is 3.32. The van der Waals surface area contributed by atoms with Gasteiger partial charge in [0.05, 0.1) is 15.7 Å². The van der Waals surface area contributed by atoms with Gasteiger partial charge in [-0.2, -0.15) is 0 Å². The van der Waals surface area contributed by atoms with Crippen LogP contribution in [0.3, 0.4) is 0 Å². The smallest absolute Gasteiger partial charge is 0.254 e. The third kappa shape index (κ3) is 2.23. The Morgan fingerprint density at radius 3 is 2.05 bits per heavy atom. The van der Waals surface area contributed by atoms with Gasteiger partial charge in [-0.05, 0) is 23.3 Å². The zero-order chi connectivity index (χ0) is 14.3. The normalized spacial score (nSPS) is 13.4. The molecule has 0 spiro atoms. The second-order valence-corrected chi connectivity index (χ2v) is 5.60. The number of anilines is 1. The Balaban J connectivity index is 1.88. The van der Waals surface area contributed by atoms with E-state index in [2.05, 4.69) is 0 Å². The van der Waals surface area contributed by atoms with Crippen LogP contribution in [0, 0.1) is 0 Å². The van der Waals surface area contributed by atoms with Crippen LogP contribution in [0.4, 0.5) is 5.69 Å².